The number of nitrogens with zero attached hydrogens (tertiary/aromatic N) is 1. The highest BCUT2D eigenvalue weighted by Crippen LogP contribution is 2.56. The lowest BCUT2D eigenvalue weighted by atomic mass is 9.81. The Hall–Kier alpha value is -2.95. The summed E-state index contributed by atoms with van der Waals surface area (Å²) in [5, 5.41) is 0. The molecular formula is C23H21NO4. The van der Waals surface area contributed by atoms with Crippen LogP contribution in [-0.4, -0.2) is 17.8 Å². The standard InChI is InChI=1S/C23H21NO4/c1-13-4-2-3-5-18(13)28-23(27)14-8-10-17(11-9-14)24-21(25)19-15-6-7-16(12-15)20(19)22(24)26/h2-5,8-11,15-16,19-20H,6-7,12H2,1H3/t15-,16-,19-,20-/m0/s1. The number of anilines is 1. The van der Waals surface area contributed by atoms with E-state index in [1.165, 1.54) is 4.90 Å². The first-order valence-corrected chi connectivity index (χ1v) is 9.80. The SMILES string of the molecule is Cc1ccccc1OC(=O)c1ccc(N2C(=O)[C@H]3[C@H]4CC[C@@H](C4)[C@@H]3C2=O)cc1. The Kier molecular flexibility index (Phi) is 3.86. The lowest BCUT2D eigenvalue weighted by molar-refractivity contribution is -0.123. The molecule has 2 bridgehead atoms. The van der Waals surface area contributed by atoms with Crippen molar-refractivity contribution < 1.29 is 19.1 Å². The van der Waals surface area contributed by atoms with Crippen LogP contribution in [0.5, 0.6) is 5.75 Å². The normalized spacial score (nSPS) is 28.0. The van der Waals surface area contributed by atoms with Gasteiger partial charge in [-0.3, -0.25) is 14.5 Å². The van der Waals surface area contributed by atoms with Crippen molar-refractivity contribution in [2.45, 2.75) is 26.2 Å². The van der Waals surface area contributed by atoms with Gasteiger partial charge in [0, 0.05) is 0 Å². The maximum Gasteiger partial charge on any atom is 0.343 e. The van der Waals surface area contributed by atoms with Crippen molar-refractivity contribution in [1.82, 2.24) is 0 Å². The number of carbonyl (C=O) groups excluding carboxylic acids is 3. The number of para-hydroxylation sites is 1. The van der Waals surface area contributed by atoms with E-state index in [1.807, 2.05) is 25.1 Å². The second kappa shape index (κ2) is 6.30. The van der Waals surface area contributed by atoms with E-state index in [0.717, 1.165) is 24.8 Å². The molecule has 2 amide bonds. The molecule has 5 nitrogen and oxygen atoms in total. The molecule has 0 radical (unpaired) electrons. The summed E-state index contributed by atoms with van der Waals surface area (Å²) in [4.78, 5) is 39.5. The number of amides is 2. The van der Waals surface area contributed by atoms with Gasteiger partial charge in [-0.15, -0.1) is 0 Å². The molecule has 2 aliphatic carbocycles. The third-order valence-corrected chi connectivity index (χ3v) is 6.58. The zero-order valence-electron chi connectivity index (χ0n) is 15.6. The summed E-state index contributed by atoms with van der Waals surface area (Å²) in [6.07, 6.45) is 3.13. The van der Waals surface area contributed by atoms with Crippen molar-refractivity contribution in [3.05, 3.63) is 59.7 Å². The number of hydrogen-bond donors (Lipinski definition) is 0. The van der Waals surface area contributed by atoms with Gasteiger partial charge in [0.1, 0.15) is 5.75 Å². The number of fused-ring (bicyclic) bond motifs is 5. The number of carbonyl (C=O) groups is 3. The first-order valence-electron chi connectivity index (χ1n) is 9.80. The largest absolute Gasteiger partial charge is 0.423 e. The average molecular weight is 375 g/mol. The van der Waals surface area contributed by atoms with Crippen LogP contribution < -0.4 is 9.64 Å². The summed E-state index contributed by atoms with van der Waals surface area (Å²) in [5.74, 6) is 0.350. The van der Waals surface area contributed by atoms with Crippen molar-refractivity contribution in [3.63, 3.8) is 0 Å². The fourth-order valence-electron chi connectivity index (χ4n) is 5.24. The van der Waals surface area contributed by atoms with Crippen molar-refractivity contribution in [3.8, 4) is 5.75 Å². The predicted molar refractivity (Wildman–Crippen MR) is 103 cm³/mol. The van der Waals surface area contributed by atoms with Crippen LogP contribution in [0.1, 0.15) is 35.2 Å². The highest BCUT2D eigenvalue weighted by atomic mass is 16.5. The van der Waals surface area contributed by atoms with Gasteiger partial charge in [0.15, 0.2) is 0 Å². The molecular weight excluding hydrogens is 354 g/mol. The maximum absolute atomic E-state index is 12.9. The number of esters is 1. The first-order chi connectivity index (χ1) is 13.5. The van der Waals surface area contributed by atoms with Gasteiger partial charge in [0.05, 0.1) is 23.1 Å². The van der Waals surface area contributed by atoms with E-state index < -0.39 is 5.97 Å². The summed E-state index contributed by atoms with van der Waals surface area (Å²) in [5.41, 5.74) is 1.80. The fraction of sp³-hybridized carbons (Fsp3) is 0.348. The van der Waals surface area contributed by atoms with Gasteiger partial charge in [-0.2, -0.15) is 0 Å². The van der Waals surface area contributed by atoms with E-state index in [0.29, 0.717) is 28.8 Å². The second-order valence-electron chi connectivity index (χ2n) is 8.10. The lowest BCUT2D eigenvalue weighted by Crippen LogP contribution is -2.32. The molecule has 3 aliphatic rings. The number of ether oxygens (including phenoxy) is 1. The number of hydrogen-bond acceptors (Lipinski definition) is 4. The number of benzene rings is 2. The van der Waals surface area contributed by atoms with Gasteiger partial charge >= 0.3 is 5.97 Å². The first kappa shape index (κ1) is 17.2. The molecule has 5 rings (SSSR count). The Morgan fingerprint density at radius 1 is 0.929 bits per heavy atom. The smallest absolute Gasteiger partial charge is 0.343 e. The van der Waals surface area contributed by atoms with Gasteiger partial charge in [0.25, 0.3) is 0 Å². The van der Waals surface area contributed by atoms with Crippen molar-refractivity contribution in [2.24, 2.45) is 23.7 Å². The third-order valence-electron chi connectivity index (χ3n) is 6.58. The van der Waals surface area contributed by atoms with E-state index in [9.17, 15) is 14.4 Å². The molecule has 1 aliphatic heterocycles. The van der Waals surface area contributed by atoms with Crippen LogP contribution in [-0.2, 0) is 9.59 Å². The molecule has 0 unspecified atom stereocenters. The van der Waals surface area contributed by atoms with Crippen molar-refractivity contribution in [2.75, 3.05) is 4.90 Å². The highest BCUT2D eigenvalue weighted by molar-refractivity contribution is 6.22. The molecule has 2 saturated carbocycles. The van der Waals surface area contributed by atoms with Crippen LogP contribution in [0.3, 0.4) is 0 Å². The van der Waals surface area contributed by atoms with Gasteiger partial charge in [-0.25, -0.2) is 4.79 Å². The molecule has 1 heterocycles. The highest BCUT2D eigenvalue weighted by Gasteiger charge is 2.61. The predicted octanol–water partition coefficient (Wildman–Crippen LogP) is 3.75. The van der Waals surface area contributed by atoms with Gasteiger partial charge in [0.2, 0.25) is 11.8 Å². The molecule has 1 saturated heterocycles. The number of imide groups is 1. The minimum Gasteiger partial charge on any atom is -0.423 e. The van der Waals surface area contributed by atoms with Gasteiger partial charge in [-0.1, -0.05) is 18.2 Å². The molecule has 2 aromatic carbocycles. The molecule has 4 atom stereocenters. The molecule has 28 heavy (non-hydrogen) atoms. The van der Waals surface area contributed by atoms with Crippen LogP contribution in [0.15, 0.2) is 48.5 Å². The van der Waals surface area contributed by atoms with Crippen molar-refractivity contribution >= 4 is 23.5 Å². The average Bonchev–Trinajstić information content (AvgIpc) is 3.38. The number of aryl methyl sites for hydroxylation is 1. The number of rotatable bonds is 3. The fourth-order valence-corrected chi connectivity index (χ4v) is 5.24. The molecule has 3 fully saturated rings. The van der Waals surface area contributed by atoms with E-state index >= 15 is 0 Å². The topological polar surface area (TPSA) is 63.7 Å². The van der Waals surface area contributed by atoms with Crippen LogP contribution in [0.4, 0.5) is 5.69 Å². The zero-order chi connectivity index (χ0) is 19.4. The van der Waals surface area contributed by atoms with Gasteiger partial charge < -0.3 is 4.74 Å². The molecule has 0 N–H and O–H groups in total. The molecule has 142 valence electrons. The lowest BCUT2D eigenvalue weighted by Gasteiger charge is -2.19. The summed E-state index contributed by atoms with van der Waals surface area (Å²) >= 11 is 0. The molecule has 0 spiro atoms. The minimum absolute atomic E-state index is 0.0718. The molecule has 5 heteroatoms. The Morgan fingerprint density at radius 3 is 2.14 bits per heavy atom. The Bertz CT molecular complexity index is 952. The quantitative estimate of drug-likeness (QED) is 0.466. The summed E-state index contributed by atoms with van der Waals surface area (Å²) in [6.45, 7) is 1.88. The Balaban J connectivity index is 1.36. The Morgan fingerprint density at radius 2 is 1.54 bits per heavy atom. The van der Waals surface area contributed by atoms with Gasteiger partial charge in [-0.05, 0) is 73.9 Å². The summed E-state index contributed by atoms with van der Waals surface area (Å²) < 4.78 is 5.45. The molecule has 0 aromatic heterocycles. The van der Waals surface area contributed by atoms with E-state index in [2.05, 4.69) is 0 Å². The van der Waals surface area contributed by atoms with Crippen LogP contribution in [0, 0.1) is 30.6 Å². The maximum atomic E-state index is 12.9. The van der Waals surface area contributed by atoms with E-state index in [4.69, 9.17) is 4.74 Å². The molecule has 2 aromatic rings. The van der Waals surface area contributed by atoms with E-state index in [1.54, 1.807) is 30.3 Å². The third kappa shape index (κ3) is 2.49. The van der Waals surface area contributed by atoms with Crippen LogP contribution in [0.2, 0.25) is 0 Å². The van der Waals surface area contributed by atoms with Crippen molar-refractivity contribution in [1.29, 1.82) is 0 Å². The Labute approximate surface area is 163 Å². The summed E-state index contributed by atoms with van der Waals surface area (Å²) in [7, 11) is 0. The van der Waals surface area contributed by atoms with E-state index in [-0.39, 0.29) is 23.7 Å². The van der Waals surface area contributed by atoms with Crippen LogP contribution >= 0.6 is 0 Å². The second-order valence-corrected chi connectivity index (χ2v) is 8.10. The van der Waals surface area contributed by atoms with Crippen LogP contribution in [0.25, 0.3) is 0 Å². The minimum atomic E-state index is -0.463. The zero-order valence-corrected chi connectivity index (χ0v) is 15.6. The monoisotopic (exact) mass is 375 g/mol. The summed E-state index contributed by atoms with van der Waals surface area (Å²) in [6, 6.07) is 13.9.